The highest BCUT2D eigenvalue weighted by molar-refractivity contribution is 5.79. The second-order valence-corrected chi connectivity index (χ2v) is 8.09. The molecule has 0 spiro atoms. The van der Waals surface area contributed by atoms with Crippen LogP contribution >= 0.6 is 0 Å². The maximum Gasteiger partial charge on any atom is 0.426 e. The molecule has 166 valence electrons. The molecule has 0 bridgehead atoms. The third-order valence-corrected chi connectivity index (χ3v) is 4.62. The van der Waals surface area contributed by atoms with E-state index in [1.165, 1.54) is 13.2 Å². The number of likely N-dealkylation sites (tertiary alicyclic amines) is 1. The number of carbonyl (C=O) groups excluding carboxylic acids is 3. The van der Waals surface area contributed by atoms with Gasteiger partial charge in [0.25, 0.3) is 0 Å². The number of esters is 1. The lowest BCUT2D eigenvalue weighted by Crippen LogP contribution is -2.45. The zero-order valence-electron chi connectivity index (χ0n) is 17.5. The molecule has 8 nitrogen and oxygen atoms in total. The lowest BCUT2D eigenvalue weighted by molar-refractivity contribution is -0.145. The molecule has 0 aromatic heterocycles. The SMILES string of the molecule is COC(=O)[C@@H]1CN(CCC(=O)NNC(=O)OC(C)(C)C)C[C@H]1c1ccc(F)cc1F. The van der Waals surface area contributed by atoms with Gasteiger partial charge in [-0.1, -0.05) is 6.07 Å². The van der Waals surface area contributed by atoms with Gasteiger partial charge in [-0.05, 0) is 32.4 Å². The van der Waals surface area contributed by atoms with Crippen molar-refractivity contribution in [1.29, 1.82) is 0 Å². The highest BCUT2D eigenvalue weighted by Crippen LogP contribution is 2.35. The van der Waals surface area contributed by atoms with E-state index in [-0.39, 0.29) is 25.1 Å². The van der Waals surface area contributed by atoms with Gasteiger partial charge >= 0.3 is 12.1 Å². The Hall–Kier alpha value is -2.75. The van der Waals surface area contributed by atoms with Crippen LogP contribution in [0.1, 0.15) is 38.7 Å². The van der Waals surface area contributed by atoms with Crippen molar-refractivity contribution < 1.29 is 32.6 Å². The fraction of sp³-hybridized carbons (Fsp3) is 0.550. The maximum atomic E-state index is 14.3. The van der Waals surface area contributed by atoms with Crippen LogP contribution in [0.4, 0.5) is 13.6 Å². The molecule has 1 fully saturated rings. The van der Waals surface area contributed by atoms with Crippen molar-refractivity contribution in [2.45, 2.75) is 38.7 Å². The first kappa shape index (κ1) is 23.5. The zero-order chi connectivity index (χ0) is 22.5. The molecule has 2 atom stereocenters. The van der Waals surface area contributed by atoms with Gasteiger partial charge in [-0.2, -0.15) is 0 Å². The largest absolute Gasteiger partial charge is 0.469 e. The van der Waals surface area contributed by atoms with E-state index >= 15 is 0 Å². The summed E-state index contributed by atoms with van der Waals surface area (Å²) in [5.41, 5.74) is 3.94. The first-order chi connectivity index (χ1) is 14.0. The number of carbonyl (C=O) groups is 3. The van der Waals surface area contributed by atoms with Crippen molar-refractivity contribution in [3.63, 3.8) is 0 Å². The standard InChI is InChI=1S/C20H27F2N3O5/c1-20(2,3)30-19(28)24-23-17(26)7-8-25-10-14(15(11-25)18(27)29-4)13-6-5-12(21)9-16(13)22/h5-6,9,14-15H,7-8,10-11H2,1-4H3,(H,23,26)(H,24,28)/t14-,15+/m0/s1. The number of hydrogen-bond donors (Lipinski definition) is 2. The molecule has 0 radical (unpaired) electrons. The molecular formula is C20H27F2N3O5. The van der Waals surface area contributed by atoms with E-state index in [1.807, 2.05) is 4.90 Å². The zero-order valence-corrected chi connectivity index (χ0v) is 17.5. The number of ether oxygens (including phenoxy) is 2. The predicted molar refractivity (Wildman–Crippen MR) is 103 cm³/mol. The molecule has 0 saturated carbocycles. The minimum atomic E-state index is -0.783. The number of halogens is 2. The molecule has 10 heteroatoms. The fourth-order valence-corrected chi connectivity index (χ4v) is 3.32. The van der Waals surface area contributed by atoms with E-state index < -0.39 is 47.0 Å². The van der Waals surface area contributed by atoms with E-state index in [9.17, 15) is 23.2 Å². The van der Waals surface area contributed by atoms with Crippen LogP contribution in [-0.2, 0) is 19.1 Å². The lowest BCUT2D eigenvalue weighted by atomic mass is 9.88. The van der Waals surface area contributed by atoms with Crippen LogP contribution in [0, 0.1) is 17.6 Å². The Morgan fingerprint density at radius 3 is 2.47 bits per heavy atom. The lowest BCUT2D eigenvalue weighted by Gasteiger charge is -2.20. The molecule has 1 saturated heterocycles. The monoisotopic (exact) mass is 427 g/mol. The summed E-state index contributed by atoms with van der Waals surface area (Å²) in [6, 6.07) is 3.25. The molecule has 30 heavy (non-hydrogen) atoms. The van der Waals surface area contributed by atoms with Crippen molar-refractivity contribution in [3.05, 3.63) is 35.4 Å². The Labute approximate surface area is 173 Å². The molecule has 1 aromatic rings. The smallest absolute Gasteiger partial charge is 0.426 e. The van der Waals surface area contributed by atoms with E-state index in [0.717, 1.165) is 12.1 Å². The summed E-state index contributed by atoms with van der Waals surface area (Å²) < 4.78 is 37.3. The second kappa shape index (κ2) is 9.84. The summed E-state index contributed by atoms with van der Waals surface area (Å²) in [7, 11) is 1.25. The summed E-state index contributed by atoms with van der Waals surface area (Å²) in [5.74, 6) is -3.54. The van der Waals surface area contributed by atoms with Crippen LogP contribution in [0.25, 0.3) is 0 Å². The Kier molecular flexibility index (Phi) is 7.71. The Balaban J connectivity index is 1.93. The highest BCUT2D eigenvalue weighted by atomic mass is 19.1. The fourth-order valence-electron chi connectivity index (χ4n) is 3.32. The van der Waals surface area contributed by atoms with Crippen LogP contribution in [0.2, 0.25) is 0 Å². The predicted octanol–water partition coefficient (Wildman–Crippen LogP) is 2.10. The maximum absolute atomic E-state index is 14.3. The highest BCUT2D eigenvalue weighted by Gasteiger charge is 2.40. The summed E-state index contributed by atoms with van der Waals surface area (Å²) in [5, 5.41) is 0. The van der Waals surface area contributed by atoms with E-state index in [4.69, 9.17) is 9.47 Å². The van der Waals surface area contributed by atoms with Crippen LogP contribution in [-0.4, -0.2) is 55.2 Å². The van der Waals surface area contributed by atoms with Crippen molar-refractivity contribution >= 4 is 18.0 Å². The molecule has 0 aliphatic carbocycles. The van der Waals surface area contributed by atoms with Crippen molar-refractivity contribution in [1.82, 2.24) is 15.8 Å². The summed E-state index contributed by atoms with van der Waals surface area (Å²) in [6.45, 7) is 5.92. The quantitative estimate of drug-likeness (QED) is 0.552. The number of hydrogen-bond acceptors (Lipinski definition) is 6. The number of nitrogens with one attached hydrogen (secondary N) is 2. The van der Waals surface area contributed by atoms with Crippen molar-refractivity contribution in [2.24, 2.45) is 5.92 Å². The Bertz CT molecular complexity index is 797. The average molecular weight is 427 g/mol. The topological polar surface area (TPSA) is 97.0 Å². The van der Waals surface area contributed by atoms with Gasteiger partial charge in [-0.25, -0.2) is 19.0 Å². The van der Waals surface area contributed by atoms with Gasteiger partial charge in [0.2, 0.25) is 5.91 Å². The van der Waals surface area contributed by atoms with Crippen LogP contribution in [0.15, 0.2) is 18.2 Å². The molecule has 2 rings (SSSR count). The Morgan fingerprint density at radius 2 is 1.87 bits per heavy atom. The van der Waals surface area contributed by atoms with Crippen molar-refractivity contribution in [3.8, 4) is 0 Å². The molecule has 1 aromatic carbocycles. The first-order valence-electron chi connectivity index (χ1n) is 9.53. The second-order valence-electron chi connectivity index (χ2n) is 8.09. The van der Waals surface area contributed by atoms with Crippen LogP contribution in [0.5, 0.6) is 0 Å². The van der Waals surface area contributed by atoms with Gasteiger partial charge in [-0.15, -0.1) is 0 Å². The molecule has 2 N–H and O–H groups in total. The van der Waals surface area contributed by atoms with E-state index in [1.54, 1.807) is 20.8 Å². The summed E-state index contributed by atoms with van der Waals surface area (Å²) in [6.07, 6.45) is -0.753. The minimum Gasteiger partial charge on any atom is -0.469 e. The number of benzene rings is 1. The number of amides is 2. The van der Waals surface area contributed by atoms with Gasteiger partial charge in [0.05, 0.1) is 13.0 Å². The minimum absolute atomic E-state index is 0.0301. The molecule has 1 heterocycles. The molecule has 2 amide bonds. The van der Waals surface area contributed by atoms with Gasteiger partial charge in [-0.3, -0.25) is 15.0 Å². The molecule has 1 aliphatic heterocycles. The normalized spacial score (nSPS) is 19.3. The number of nitrogens with zero attached hydrogens (tertiary/aromatic N) is 1. The van der Waals surface area contributed by atoms with Gasteiger partial charge < -0.3 is 14.4 Å². The van der Waals surface area contributed by atoms with E-state index in [0.29, 0.717) is 6.54 Å². The number of methoxy groups -OCH3 is 1. The molecule has 1 aliphatic rings. The molecule has 0 unspecified atom stereocenters. The van der Waals surface area contributed by atoms with E-state index in [2.05, 4.69) is 10.9 Å². The van der Waals surface area contributed by atoms with Crippen molar-refractivity contribution in [2.75, 3.05) is 26.7 Å². The van der Waals surface area contributed by atoms with Crippen LogP contribution in [0.3, 0.4) is 0 Å². The number of rotatable bonds is 5. The average Bonchev–Trinajstić information content (AvgIpc) is 3.06. The summed E-state index contributed by atoms with van der Waals surface area (Å²) >= 11 is 0. The third kappa shape index (κ3) is 6.65. The van der Waals surface area contributed by atoms with Gasteiger partial charge in [0, 0.05) is 38.0 Å². The third-order valence-electron chi connectivity index (χ3n) is 4.62. The van der Waals surface area contributed by atoms with Crippen LogP contribution < -0.4 is 10.9 Å². The van der Waals surface area contributed by atoms with Gasteiger partial charge in [0.15, 0.2) is 0 Å². The summed E-state index contributed by atoms with van der Waals surface area (Å²) in [4.78, 5) is 37.5. The first-order valence-corrected chi connectivity index (χ1v) is 9.53. The Morgan fingerprint density at radius 1 is 1.17 bits per heavy atom. The molecular weight excluding hydrogens is 400 g/mol. The van der Waals surface area contributed by atoms with Gasteiger partial charge in [0.1, 0.15) is 17.2 Å². The number of hydrazine groups is 1.